The summed E-state index contributed by atoms with van der Waals surface area (Å²) in [5, 5.41) is 13.5. The molecule has 2 aromatic heterocycles. The van der Waals surface area contributed by atoms with E-state index < -0.39 is 37.3 Å². The summed E-state index contributed by atoms with van der Waals surface area (Å²) in [5.41, 5.74) is -0.253. The highest BCUT2D eigenvalue weighted by atomic mass is 32.2. The van der Waals surface area contributed by atoms with Crippen molar-refractivity contribution < 1.29 is 31.4 Å². The smallest absolute Gasteiger partial charge is 0.325 e. The Morgan fingerprint density at radius 3 is 2.68 bits per heavy atom. The molecule has 0 amide bonds. The summed E-state index contributed by atoms with van der Waals surface area (Å²) < 4.78 is 64.6. The molecule has 2 aliphatic heterocycles. The van der Waals surface area contributed by atoms with Crippen LogP contribution in [0.25, 0.3) is 11.2 Å². The van der Waals surface area contributed by atoms with E-state index in [4.69, 9.17) is 9.47 Å². The number of H-pyrrole nitrogens is 2. The van der Waals surface area contributed by atoms with Gasteiger partial charge in [0.1, 0.15) is 23.4 Å². The quantitative estimate of drug-likeness (QED) is 0.254. The third kappa shape index (κ3) is 5.92. The highest BCUT2D eigenvalue weighted by Gasteiger charge is 2.45. The van der Waals surface area contributed by atoms with Crippen molar-refractivity contribution >= 4 is 31.0 Å². The van der Waals surface area contributed by atoms with Crippen LogP contribution in [0.15, 0.2) is 51.1 Å². The number of nitrogens with one attached hydrogen (secondary N) is 3. The predicted octanol–water partition coefficient (Wildman–Crippen LogP) is 0.529. The van der Waals surface area contributed by atoms with Crippen LogP contribution in [-0.2, 0) is 24.6 Å². The van der Waals surface area contributed by atoms with E-state index in [2.05, 4.69) is 20.3 Å². The third-order valence-corrected chi connectivity index (χ3v) is 12.1. The van der Waals surface area contributed by atoms with Crippen molar-refractivity contribution in [1.29, 1.82) is 0 Å². The molecule has 0 unspecified atom stereocenters. The predicted molar refractivity (Wildman–Crippen MR) is 148 cm³/mol. The number of hydrogen-bond donors (Lipinski definition) is 4. The van der Waals surface area contributed by atoms with Crippen molar-refractivity contribution in [1.82, 2.24) is 24.6 Å². The minimum Gasteiger partial charge on any atom is -0.491 e. The number of sulfone groups is 1. The number of hydrogen-bond acceptors (Lipinski definition) is 10. The van der Waals surface area contributed by atoms with E-state index in [1.54, 1.807) is 18.2 Å². The van der Waals surface area contributed by atoms with Crippen LogP contribution in [0.4, 0.5) is 0 Å². The summed E-state index contributed by atoms with van der Waals surface area (Å²) in [5.74, 6) is 0.396. The molecule has 4 heterocycles. The molecule has 4 N–H and O–H groups in total. The number of piperidine rings is 1. The molecule has 41 heavy (non-hydrogen) atoms. The van der Waals surface area contributed by atoms with Gasteiger partial charge < -0.3 is 24.9 Å². The first-order valence-electron chi connectivity index (χ1n) is 13.6. The Kier molecular flexibility index (Phi) is 7.45. The summed E-state index contributed by atoms with van der Waals surface area (Å²) >= 11 is 0. The van der Waals surface area contributed by atoms with Gasteiger partial charge in [-0.2, -0.15) is 4.31 Å². The zero-order chi connectivity index (χ0) is 28.8. The van der Waals surface area contributed by atoms with Crippen LogP contribution in [0.2, 0.25) is 0 Å². The van der Waals surface area contributed by atoms with Gasteiger partial charge in [-0.3, -0.25) is 4.98 Å². The summed E-state index contributed by atoms with van der Waals surface area (Å²) in [7, 11) is -7.10. The molecule has 2 atom stereocenters. The first-order valence-corrected chi connectivity index (χ1v) is 16.6. The summed E-state index contributed by atoms with van der Waals surface area (Å²) in [4.78, 5) is 20.8. The zero-order valence-corrected chi connectivity index (χ0v) is 23.9. The van der Waals surface area contributed by atoms with E-state index >= 15 is 0 Å². The number of imidazole rings is 1. The van der Waals surface area contributed by atoms with Crippen LogP contribution < -0.4 is 15.7 Å². The molecule has 3 aromatic rings. The molecule has 2 saturated heterocycles. The first-order chi connectivity index (χ1) is 19.5. The fraction of sp³-hybridized carbons (Fsp3) is 0.538. The highest BCUT2D eigenvalue weighted by Crippen LogP contribution is 2.37. The monoisotopic (exact) mass is 607 g/mol. The number of ether oxygens (including phenoxy) is 2. The standard InChI is InChI=1S/C26H33N5O8S2/c32-18(16-38-19-2-1-3-21(10-19)40(34,35)20-4-5-20)13-27-17-12-26(39-15-17)6-8-31(9-7-26)41(36,37)22-11-23-24(28-14-22)30-25(33)29-23/h1-3,10-11,14,17-18,20,27,32H,4-9,12-13,15-16H2,(H2,28,29,30,33)/t17-,18+/m1/s1. The van der Waals surface area contributed by atoms with Gasteiger partial charge in [0.2, 0.25) is 10.0 Å². The van der Waals surface area contributed by atoms with E-state index in [1.165, 1.54) is 22.6 Å². The van der Waals surface area contributed by atoms with E-state index in [0.717, 1.165) is 0 Å². The number of aliphatic hydroxyl groups is 1. The van der Waals surface area contributed by atoms with Gasteiger partial charge in [0.25, 0.3) is 0 Å². The summed E-state index contributed by atoms with van der Waals surface area (Å²) in [6.45, 7) is 1.30. The number of aromatic amines is 2. The average molecular weight is 608 g/mol. The van der Waals surface area contributed by atoms with Gasteiger partial charge in [0, 0.05) is 31.9 Å². The third-order valence-electron chi connectivity index (χ3n) is 8.01. The molecule has 13 nitrogen and oxygen atoms in total. The van der Waals surface area contributed by atoms with Crippen molar-refractivity contribution in [2.24, 2.45) is 0 Å². The Hall–Kier alpha value is -2.82. The van der Waals surface area contributed by atoms with E-state index in [-0.39, 0.29) is 34.2 Å². The Morgan fingerprint density at radius 2 is 1.93 bits per heavy atom. The van der Waals surface area contributed by atoms with Gasteiger partial charge in [-0.1, -0.05) is 6.07 Å². The number of fused-ring (bicyclic) bond motifs is 1. The number of nitrogens with zero attached hydrogens (tertiary/aromatic N) is 2. The van der Waals surface area contributed by atoms with Crippen molar-refractivity contribution in [2.75, 3.05) is 32.8 Å². The average Bonchev–Trinajstić information content (AvgIpc) is 3.66. The Labute approximate surface area is 237 Å². The van der Waals surface area contributed by atoms with Gasteiger partial charge in [0.05, 0.1) is 27.9 Å². The van der Waals surface area contributed by atoms with Crippen LogP contribution in [0, 0.1) is 0 Å². The lowest BCUT2D eigenvalue weighted by atomic mass is 9.88. The lowest BCUT2D eigenvalue weighted by Gasteiger charge is -2.38. The summed E-state index contributed by atoms with van der Waals surface area (Å²) in [6, 6.07) is 7.79. The van der Waals surface area contributed by atoms with Crippen molar-refractivity contribution in [3.8, 4) is 5.75 Å². The largest absolute Gasteiger partial charge is 0.491 e. The van der Waals surface area contributed by atoms with Gasteiger partial charge in [-0.25, -0.2) is 26.6 Å². The molecule has 222 valence electrons. The molecular weight excluding hydrogens is 574 g/mol. The molecule has 0 bridgehead atoms. The maximum atomic E-state index is 13.2. The molecule has 6 rings (SSSR count). The topological polar surface area (TPSA) is 184 Å². The second kappa shape index (κ2) is 10.8. The van der Waals surface area contributed by atoms with Crippen LogP contribution in [0.1, 0.15) is 32.1 Å². The number of aliphatic hydroxyl groups excluding tert-OH is 1. The maximum absolute atomic E-state index is 13.2. The second-order valence-corrected chi connectivity index (χ2v) is 15.2. The van der Waals surface area contributed by atoms with Gasteiger partial charge in [-0.05, 0) is 56.4 Å². The fourth-order valence-corrected chi connectivity index (χ4v) is 8.62. The van der Waals surface area contributed by atoms with Crippen LogP contribution in [-0.4, -0.2) is 97.0 Å². The van der Waals surface area contributed by atoms with E-state index in [1.807, 2.05) is 0 Å². The molecule has 0 radical (unpaired) electrons. The lowest BCUT2D eigenvalue weighted by molar-refractivity contribution is -0.0312. The number of rotatable bonds is 10. The molecule has 3 aliphatic rings. The van der Waals surface area contributed by atoms with Crippen LogP contribution in [0.3, 0.4) is 0 Å². The number of benzene rings is 1. The molecule has 1 saturated carbocycles. The molecule has 15 heteroatoms. The normalized spacial score (nSPS) is 22.3. The van der Waals surface area contributed by atoms with E-state index in [0.29, 0.717) is 68.7 Å². The Morgan fingerprint density at radius 1 is 1.15 bits per heavy atom. The minimum atomic E-state index is -3.78. The van der Waals surface area contributed by atoms with Crippen LogP contribution in [0.5, 0.6) is 5.75 Å². The zero-order valence-electron chi connectivity index (χ0n) is 22.3. The SMILES string of the molecule is O=c1[nH]c2cc(S(=O)(=O)N3CCC4(CC3)C[C@@H](NC[C@H](O)COc3cccc(S(=O)(=O)C5CC5)c3)CO4)cnc2[nH]1. The van der Waals surface area contributed by atoms with Crippen molar-refractivity contribution in [3.63, 3.8) is 0 Å². The number of aromatic nitrogens is 3. The first kappa shape index (κ1) is 28.3. The highest BCUT2D eigenvalue weighted by molar-refractivity contribution is 7.92. The Bertz CT molecular complexity index is 1690. The molecule has 3 fully saturated rings. The Balaban J connectivity index is 0.971. The van der Waals surface area contributed by atoms with E-state index in [9.17, 15) is 26.7 Å². The van der Waals surface area contributed by atoms with Gasteiger partial charge in [0.15, 0.2) is 15.5 Å². The second-order valence-electron chi connectivity index (χ2n) is 11.0. The van der Waals surface area contributed by atoms with Crippen molar-refractivity contribution in [3.05, 3.63) is 47.0 Å². The molecule has 1 spiro atoms. The maximum Gasteiger partial charge on any atom is 0.325 e. The number of pyridine rings is 1. The van der Waals surface area contributed by atoms with Gasteiger partial charge in [-0.15, -0.1) is 0 Å². The van der Waals surface area contributed by atoms with Crippen molar-refractivity contribution in [2.45, 2.75) is 64.9 Å². The van der Waals surface area contributed by atoms with Crippen LogP contribution >= 0.6 is 0 Å². The summed E-state index contributed by atoms with van der Waals surface area (Å²) in [6.07, 6.45) is 3.57. The number of sulfonamides is 1. The lowest BCUT2D eigenvalue weighted by Crippen LogP contribution is -2.47. The minimum absolute atomic E-state index is 0.00274. The molecular formula is C26H33N5O8S2. The fourth-order valence-electron chi connectivity index (χ4n) is 5.52. The van der Waals surface area contributed by atoms with Gasteiger partial charge >= 0.3 is 5.69 Å². The molecule has 1 aliphatic carbocycles. The molecule has 1 aromatic carbocycles.